The zero-order valence-corrected chi connectivity index (χ0v) is 13.8. The number of fused-ring (bicyclic) bond motifs is 1. The fourth-order valence-electron chi connectivity index (χ4n) is 2.08. The number of hydrogen-bond acceptors (Lipinski definition) is 6. The summed E-state index contributed by atoms with van der Waals surface area (Å²) >= 11 is 2.71. The second kappa shape index (κ2) is 6.47. The van der Waals surface area contributed by atoms with Gasteiger partial charge in [0.25, 0.3) is 0 Å². The molecule has 0 unspecified atom stereocenters. The number of carboxylic acid groups (broad SMARTS) is 1. The van der Waals surface area contributed by atoms with Gasteiger partial charge in [-0.1, -0.05) is 36.0 Å². The second-order valence-electron chi connectivity index (χ2n) is 4.82. The van der Waals surface area contributed by atoms with Gasteiger partial charge in [-0.3, -0.25) is 9.59 Å². The Hall–Kier alpha value is -2.25. The van der Waals surface area contributed by atoms with Gasteiger partial charge in [-0.25, -0.2) is 9.97 Å². The highest BCUT2D eigenvalue weighted by Gasteiger charge is 2.12. The number of carbonyl (C=O) groups is 2. The molecule has 3 rings (SSSR count). The van der Waals surface area contributed by atoms with Gasteiger partial charge in [0.2, 0.25) is 0 Å². The first-order valence-corrected chi connectivity index (χ1v) is 8.55. The van der Waals surface area contributed by atoms with Crippen LogP contribution < -0.4 is 0 Å². The number of thiophene rings is 1. The van der Waals surface area contributed by atoms with E-state index in [1.165, 1.54) is 36.3 Å². The van der Waals surface area contributed by atoms with Gasteiger partial charge in [-0.15, -0.1) is 11.3 Å². The van der Waals surface area contributed by atoms with Crippen LogP contribution in [0.2, 0.25) is 0 Å². The van der Waals surface area contributed by atoms with E-state index in [2.05, 4.69) is 9.97 Å². The summed E-state index contributed by atoms with van der Waals surface area (Å²) in [6.07, 6.45) is 1.45. The third-order valence-corrected chi connectivity index (χ3v) is 5.47. The monoisotopic (exact) mass is 344 g/mol. The number of nitrogens with zero attached hydrogens (tertiary/aromatic N) is 2. The van der Waals surface area contributed by atoms with Crippen molar-refractivity contribution in [3.63, 3.8) is 0 Å². The van der Waals surface area contributed by atoms with Crippen LogP contribution in [0.3, 0.4) is 0 Å². The van der Waals surface area contributed by atoms with Crippen molar-refractivity contribution in [2.45, 2.75) is 11.9 Å². The van der Waals surface area contributed by atoms with E-state index in [1.807, 2.05) is 18.2 Å². The molecule has 23 heavy (non-hydrogen) atoms. The largest absolute Gasteiger partial charge is 0.481 e. The van der Waals surface area contributed by atoms with E-state index in [1.54, 1.807) is 12.1 Å². The van der Waals surface area contributed by atoms with Gasteiger partial charge >= 0.3 is 5.97 Å². The molecule has 0 fully saturated rings. The summed E-state index contributed by atoms with van der Waals surface area (Å²) in [5, 5.41) is 9.49. The molecule has 0 saturated carbocycles. The third kappa shape index (κ3) is 3.40. The molecule has 1 aromatic carbocycles. The fraction of sp³-hybridized carbons (Fsp3) is 0.125. The molecular weight excluding hydrogens is 332 g/mol. The zero-order chi connectivity index (χ0) is 16.4. The number of carboxylic acids is 1. The van der Waals surface area contributed by atoms with Gasteiger partial charge in [-0.2, -0.15) is 0 Å². The predicted octanol–water partition coefficient (Wildman–Crippen LogP) is 3.74. The molecule has 7 heteroatoms. The molecule has 116 valence electrons. The quantitative estimate of drug-likeness (QED) is 0.431. The van der Waals surface area contributed by atoms with E-state index in [-0.39, 0.29) is 11.5 Å². The van der Waals surface area contributed by atoms with E-state index in [9.17, 15) is 9.59 Å². The van der Waals surface area contributed by atoms with Crippen molar-refractivity contribution >= 4 is 45.1 Å². The number of Topliss-reactive ketones (excluding diaryl/α,β-unsaturated/α-hetero) is 1. The second-order valence-corrected chi connectivity index (χ2v) is 6.84. The topological polar surface area (TPSA) is 80.2 Å². The van der Waals surface area contributed by atoms with Crippen LogP contribution in [0.15, 0.2) is 41.7 Å². The average molecular weight is 344 g/mol. The van der Waals surface area contributed by atoms with Crippen molar-refractivity contribution < 1.29 is 14.7 Å². The summed E-state index contributed by atoms with van der Waals surface area (Å²) in [7, 11) is 0. The molecule has 0 bridgehead atoms. The highest BCUT2D eigenvalue weighted by atomic mass is 32.2. The van der Waals surface area contributed by atoms with Gasteiger partial charge in [0.15, 0.2) is 5.78 Å². The van der Waals surface area contributed by atoms with Crippen molar-refractivity contribution in [3.05, 3.63) is 42.2 Å². The van der Waals surface area contributed by atoms with Crippen molar-refractivity contribution in [1.29, 1.82) is 0 Å². The van der Waals surface area contributed by atoms with Crippen molar-refractivity contribution in [1.82, 2.24) is 9.97 Å². The Morgan fingerprint density at radius 3 is 2.61 bits per heavy atom. The fourth-order valence-corrected chi connectivity index (χ4v) is 4.00. The van der Waals surface area contributed by atoms with Crippen molar-refractivity contribution in [2.24, 2.45) is 0 Å². The molecule has 2 aromatic heterocycles. The number of carbonyl (C=O) groups excluding carboxylic acids is 1. The maximum atomic E-state index is 11.3. The molecule has 5 nitrogen and oxygen atoms in total. The van der Waals surface area contributed by atoms with E-state index >= 15 is 0 Å². The SMILES string of the molecule is CC(=O)c1ccc(-c2cc3ncnc(SCC(=O)O)c3s2)cc1. The Balaban J connectivity index is 1.97. The lowest BCUT2D eigenvalue weighted by atomic mass is 10.1. The van der Waals surface area contributed by atoms with E-state index in [0.29, 0.717) is 10.6 Å². The van der Waals surface area contributed by atoms with Crippen molar-refractivity contribution in [2.75, 3.05) is 5.75 Å². The number of aromatic nitrogens is 2. The Bertz CT molecular complexity index is 888. The molecule has 0 atom stereocenters. The van der Waals surface area contributed by atoms with Crippen LogP contribution in [-0.2, 0) is 4.79 Å². The van der Waals surface area contributed by atoms with E-state index < -0.39 is 5.97 Å². The molecule has 0 radical (unpaired) electrons. The molecule has 0 aliphatic carbocycles. The molecule has 1 N–H and O–H groups in total. The van der Waals surface area contributed by atoms with Crippen LogP contribution in [-0.4, -0.2) is 32.6 Å². The standard InChI is InChI=1S/C16H12N2O3S2/c1-9(19)10-2-4-11(5-3-10)13-6-12-15(23-13)16(18-8-17-12)22-7-14(20)21/h2-6,8H,7H2,1H3,(H,20,21). The number of aliphatic carboxylic acids is 1. The number of thioether (sulfide) groups is 1. The average Bonchev–Trinajstić information content (AvgIpc) is 2.97. The highest BCUT2D eigenvalue weighted by molar-refractivity contribution is 8.00. The first-order valence-electron chi connectivity index (χ1n) is 6.75. The Kier molecular flexibility index (Phi) is 4.40. The van der Waals surface area contributed by atoms with E-state index in [0.717, 1.165) is 20.7 Å². The molecule has 0 aliphatic heterocycles. The lowest BCUT2D eigenvalue weighted by Crippen LogP contribution is -1.98. The molecule has 0 amide bonds. The van der Waals surface area contributed by atoms with Gasteiger partial charge in [0.05, 0.1) is 16.0 Å². The van der Waals surface area contributed by atoms with Crippen LogP contribution in [0.25, 0.3) is 20.7 Å². The van der Waals surface area contributed by atoms with E-state index in [4.69, 9.17) is 5.11 Å². The lowest BCUT2D eigenvalue weighted by molar-refractivity contribution is -0.133. The molecule has 2 heterocycles. The summed E-state index contributed by atoms with van der Waals surface area (Å²) in [5.74, 6) is -0.878. The molecule has 3 aromatic rings. The normalized spacial score (nSPS) is 10.8. The van der Waals surface area contributed by atoms with Crippen LogP contribution in [0.5, 0.6) is 0 Å². The minimum atomic E-state index is -0.877. The summed E-state index contributed by atoms with van der Waals surface area (Å²) in [6, 6.07) is 9.36. The highest BCUT2D eigenvalue weighted by Crippen LogP contribution is 2.36. The summed E-state index contributed by atoms with van der Waals surface area (Å²) in [6.45, 7) is 1.54. The number of benzene rings is 1. The Labute approximate surface area is 140 Å². The van der Waals surface area contributed by atoms with Gasteiger partial charge < -0.3 is 5.11 Å². The summed E-state index contributed by atoms with van der Waals surface area (Å²) in [5.41, 5.74) is 2.46. The van der Waals surface area contributed by atoms with Gasteiger partial charge in [-0.05, 0) is 18.6 Å². The van der Waals surface area contributed by atoms with Crippen LogP contribution >= 0.6 is 23.1 Å². The summed E-state index contributed by atoms with van der Waals surface area (Å²) < 4.78 is 0.879. The van der Waals surface area contributed by atoms with Gasteiger partial charge in [0, 0.05) is 10.4 Å². The Morgan fingerprint density at radius 2 is 1.96 bits per heavy atom. The third-order valence-electron chi connectivity index (χ3n) is 3.19. The summed E-state index contributed by atoms with van der Waals surface area (Å²) in [4.78, 5) is 31.5. The first-order chi connectivity index (χ1) is 11.0. The lowest BCUT2D eigenvalue weighted by Gasteiger charge is -1.99. The predicted molar refractivity (Wildman–Crippen MR) is 91.2 cm³/mol. The molecule has 0 aliphatic rings. The van der Waals surface area contributed by atoms with Crippen molar-refractivity contribution in [3.8, 4) is 10.4 Å². The number of hydrogen-bond donors (Lipinski definition) is 1. The number of rotatable bonds is 5. The van der Waals surface area contributed by atoms with Crippen LogP contribution in [0.4, 0.5) is 0 Å². The van der Waals surface area contributed by atoms with Gasteiger partial charge in [0.1, 0.15) is 11.4 Å². The smallest absolute Gasteiger partial charge is 0.313 e. The maximum absolute atomic E-state index is 11.3. The number of ketones is 1. The molecule has 0 saturated heterocycles. The first kappa shape index (κ1) is 15.6. The molecule has 0 spiro atoms. The molecular formula is C16H12N2O3S2. The minimum Gasteiger partial charge on any atom is -0.481 e. The maximum Gasteiger partial charge on any atom is 0.313 e. The van der Waals surface area contributed by atoms with Crippen LogP contribution in [0, 0.1) is 0 Å². The zero-order valence-electron chi connectivity index (χ0n) is 12.1. The van der Waals surface area contributed by atoms with Crippen LogP contribution in [0.1, 0.15) is 17.3 Å². The minimum absolute atomic E-state index is 0.0334. The Morgan fingerprint density at radius 1 is 1.22 bits per heavy atom.